The van der Waals surface area contributed by atoms with Gasteiger partial charge in [0.1, 0.15) is 0 Å². The molecule has 0 aliphatic carbocycles. The van der Waals surface area contributed by atoms with Crippen LogP contribution in [-0.4, -0.2) is 7.38 Å². The maximum absolute atomic E-state index is 6.52. The molecular formula is C20H19ClSi. The summed E-state index contributed by atoms with van der Waals surface area (Å²) >= 11 is 6.52. The Bertz CT molecular complexity index is 950. The van der Waals surface area contributed by atoms with Gasteiger partial charge in [0, 0.05) is 0 Å². The summed E-state index contributed by atoms with van der Waals surface area (Å²) in [6.45, 7) is 4.45. The average molecular weight is 323 g/mol. The van der Waals surface area contributed by atoms with Crippen LogP contribution < -0.4 is 0 Å². The third-order valence-corrected chi connectivity index (χ3v) is 6.61. The summed E-state index contributed by atoms with van der Waals surface area (Å²) in [5.41, 5.74) is 1.44. The van der Waals surface area contributed by atoms with Gasteiger partial charge >= 0.3 is 0 Å². The Kier molecular flexibility index (Phi) is 3.17. The lowest BCUT2D eigenvalue weighted by Gasteiger charge is -2.16. The predicted molar refractivity (Wildman–Crippen MR) is 102 cm³/mol. The van der Waals surface area contributed by atoms with Crippen molar-refractivity contribution in [3.8, 4) is 0 Å². The highest BCUT2D eigenvalue weighted by molar-refractivity contribution is 7.19. The molecule has 22 heavy (non-hydrogen) atoms. The first-order valence-electron chi connectivity index (χ1n) is 7.87. The van der Waals surface area contributed by atoms with Gasteiger partial charge in [-0.2, -0.15) is 11.1 Å². The van der Waals surface area contributed by atoms with E-state index in [4.69, 9.17) is 11.1 Å². The maximum atomic E-state index is 6.52. The molecular weight excluding hydrogens is 304 g/mol. The summed E-state index contributed by atoms with van der Waals surface area (Å²) in [5.74, 6) is 0. The molecule has 4 aromatic rings. The normalized spacial score (nSPS) is 12.7. The van der Waals surface area contributed by atoms with Crippen molar-refractivity contribution < 1.29 is 0 Å². The minimum absolute atomic E-state index is 1.08. The second-order valence-electron chi connectivity index (χ2n) is 6.80. The number of hydrogen-bond donors (Lipinski definition) is 0. The van der Waals surface area contributed by atoms with Crippen molar-refractivity contribution in [2.75, 3.05) is 0 Å². The van der Waals surface area contributed by atoms with E-state index in [-0.39, 0.29) is 0 Å². The average Bonchev–Trinajstić information content (AvgIpc) is 2.50. The topological polar surface area (TPSA) is 0 Å². The lowest BCUT2D eigenvalue weighted by molar-refractivity contribution is 1.12. The van der Waals surface area contributed by atoms with E-state index >= 15 is 0 Å². The fourth-order valence-electron chi connectivity index (χ4n) is 3.45. The molecule has 0 unspecified atom stereocenters. The largest absolute Gasteiger partial charge is 0.168 e. The first kappa shape index (κ1) is 14.0. The van der Waals surface area contributed by atoms with E-state index in [2.05, 4.69) is 67.7 Å². The van der Waals surface area contributed by atoms with Crippen LogP contribution >= 0.6 is 11.1 Å². The fraction of sp³-hybridized carbons (Fsp3) is 0.200. The van der Waals surface area contributed by atoms with Crippen molar-refractivity contribution in [2.45, 2.75) is 25.6 Å². The van der Waals surface area contributed by atoms with Crippen molar-refractivity contribution in [3.05, 3.63) is 60.2 Å². The number of aryl methyl sites for hydroxylation is 1. The summed E-state index contributed by atoms with van der Waals surface area (Å²) in [6, 6.07) is 21.3. The molecule has 0 atom stereocenters. The zero-order chi connectivity index (χ0) is 15.3. The predicted octanol–water partition coefficient (Wildman–Crippen LogP) is 6.57. The molecule has 0 aromatic heterocycles. The van der Waals surface area contributed by atoms with Gasteiger partial charge < -0.3 is 0 Å². The number of rotatable bonds is 3. The molecule has 0 amide bonds. The van der Waals surface area contributed by atoms with E-state index in [1.807, 2.05) is 0 Å². The van der Waals surface area contributed by atoms with E-state index < -0.39 is 7.38 Å². The molecule has 0 saturated carbocycles. The van der Waals surface area contributed by atoms with E-state index in [1.165, 1.54) is 37.9 Å². The third kappa shape index (κ3) is 2.29. The summed E-state index contributed by atoms with van der Waals surface area (Å²) in [6.07, 6.45) is 1.08. The first-order valence-corrected chi connectivity index (χ1v) is 12.1. The lowest BCUT2D eigenvalue weighted by atomic mass is 9.91. The van der Waals surface area contributed by atoms with Gasteiger partial charge in [-0.3, -0.25) is 0 Å². The molecule has 0 aliphatic heterocycles. The maximum Gasteiger partial charge on any atom is 0.150 e. The van der Waals surface area contributed by atoms with Crippen molar-refractivity contribution in [3.63, 3.8) is 0 Å². The van der Waals surface area contributed by atoms with Crippen LogP contribution in [0.1, 0.15) is 5.56 Å². The summed E-state index contributed by atoms with van der Waals surface area (Å²) in [5, 5.41) is 8.23. The van der Waals surface area contributed by atoms with Gasteiger partial charge in [0.05, 0.1) is 0 Å². The minimum atomic E-state index is -1.53. The van der Waals surface area contributed by atoms with Crippen molar-refractivity contribution in [1.29, 1.82) is 0 Å². The molecule has 4 aromatic carbocycles. The Labute approximate surface area is 136 Å². The van der Waals surface area contributed by atoms with Gasteiger partial charge in [-0.15, -0.1) is 0 Å². The lowest BCUT2D eigenvalue weighted by Crippen LogP contribution is -2.16. The quantitative estimate of drug-likeness (QED) is 0.227. The molecule has 0 N–H and O–H groups in total. The van der Waals surface area contributed by atoms with Gasteiger partial charge in [-0.05, 0) is 50.3 Å². The summed E-state index contributed by atoms with van der Waals surface area (Å²) in [4.78, 5) is 0. The molecule has 0 heterocycles. The number of hydrogen-bond acceptors (Lipinski definition) is 0. The molecule has 0 nitrogen and oxygen atoms in total. The second kappa shape index (κ2) is 4.97. The highest BCUT2D eigenvalue weighted by Crippen LogP contribution is 2.36. The van der Waals surface area contributed by atoms with Crippen LogP contribution in [0.2, 0.25) is 19.1 Å². The van der Waals surface area contributed by atoms with Crippen LogP contribution in [0.4, 0.5) is 0 Å². The highest BCUT2D eigenvalue weighted by Gasteiger charge is 2.18. The molecule has 0 saturated heterocycles. The Balaban J connectivity index is 2.00. The standard InChI is InChI=1S/C20H19ClSi/c1-22(2,21)13-12-14-6-7-17-9-8-15-4-3-5-16-10-11-18(14)20(17)19(15)16/h3-11H,12-13H2,1-2H3. The molecule has 0 radical (unpaired) electrons. The van der Waals surface area contributed by atoms with Gasteiger partial charge in [-0.25, -0.2) is 0 Å². The highest BCUT2D eigenvalue weighted by atomic mass is 35.6. The van der Waals surface area contributed by atoms with Crippen molar-refractivity contribution in [2.24, 2.45) is 0 Å². The molecule has 110 valence electrons. The van der Waals surface area contributed by atoms with E-state index in [9.17, 15) is 0 Å². The Morgan fingerprint density at radius 2 is 1.36 bits per heavy atom. The SMILES string of the molecule is C[Si](C)(Cl)CCc1ccc2ccc3cccc4ccc1c2c34. The Morgan fingerprint density at radius 3 is 2.05 bits per heavy atom. The second-order valence-corrected chi connectivity index (χ2v) is 13.8. The molecule has 4 rings (SSSR count). The van der Waals surface area contributed by atoms with Gasteiger partial charge in [0.2, 0.25) is 0 Å². The Hall–Kier alpha value is -1.57. The Morgan fingerprint density at radius 1 is 0.773 bits per heavy atom. The van der Waals surface area contributed by atoms with Crippen LogP contribution in [0.5, 0.6) is 0 Å². The minimum Gasteiger partial charge on any atom is -0.168 e. The van der Waals surface area contributed by atoms with Crippen LogP contribution in [0.3, 0.4) is 0 Å². The third-order valence-electron chi connectivity index (χ3n) is 4.61. The zero-order valence-electron chi connectivity index (χ0n) is 13.0. The van der Waals surface area contributed by atoms with Gasteiger partial charge in [0.25, 0.3) is 0 Å². The first-order chi connectivity index (χ1) is 10.5. The van der Waals surface area contributed by atoms with Crippen LogP contribution in [0.15, 0.2) is 54.6 Å². The number of halogens is 1. The van der Waals surface area contributed by atoms with Crippen LogP contribution in [-0.2, 0) is 6.42 Å². The zero-order valence-corrected chi connectivity index (χ0v) is 14.7. The van der Waals surface area contributed by atoms with Gasteiger partial charge in [-0.1, -0.05) is 67.7 Å². The fourth-order valence-corrected chi connectivity index (χ4v) is 4.59. The van der Waals surface area contributed by atoms with E-state index in [0.717, 1.165) is 12.5 Å². The molecule has 0 aliphatic rings. The molecule has 0 bridgehead atoms. The van der Waals surface area contributed by atoms with Crippen molar-refractivity contribution in [1.82, 2.24) is 0 Å². The summed E-state index contributed by atoms with van der Waals surface area (Å²) < 4.78 is 0. The monoisotopic (exact) mass is 322 g/mol. The van der Waals surface area contributed by atoms with Crippen LogP contribution in [0.25, 0.3) is 32.3 Å². The molecule has 0 spiro atoms. The van der Waals surface area contributed by atoms with Crippen LogP contribution in [0, 0.1) is 0 Å². The van der Waals surface area contributed by atoms with E-state index in [0.29, 0.717) is 0 Å². The van der Waals surface area contributed by atoms with Gasteiger partial charge in [0.15, 0.2) is 7.38 Å². The summed E-state index contributed by atoms with van der Waals surface area (Å²) in [7, 11) is -1.53. The smallest absolute Gasteiger partial charge is 0.150 e. The molecule has 2 heteroatoms. The number of benzene rings is 4. The van der Waals surface area contributed by atoms with Crippen molar-refractivity contribution >= 4 is 50.8 Å². The molecule has 0 fully saturated rings. The van der Waals surface area contributed by atoms with E-state index in [1.54, 1.807) is 0 Å².